The molecule has 0 heterocycles. The van der Waals surface area contributed by atoms with Gasteiger partial charge in [-0.15, -0.1) is 0 Å². The Labute approximate surface area is 95.5 Å². The summed E-state index contributed by atoms with van der Waals surface area (Å²) >= 11 is 0. The molecule has 6 nitrogen and oxygen atoms in total. The van der Waals surface area contributed by atoms with Crippen molar-refractivity contribution in [2.75, 3.05) is 7.11 Å². The number of rotatable bonds is 3. The van der Waals surface area contributed by atoms with Crippen molar-refractivity contribution in [2.24, 2.45) is 5.73 Å². The fraction of sp³-hybridized carbons (Fsp3) is 0.800. The maximum Gasteiger partial charge on any atom is 0.408 e. The van der Waals surface area contributed by atoms with E-state index < -0.39 is 29.7 Å². The zero-order chi connectivity index (χ0) is 12.9. The van der Waals surface area contributed by atoms with Crippen LogP contribution >= 0.6 is 0 Å². The summed E-state index contributed by atoms with van der Waals surface area (Å²) in [6, 6.07) is -1.46. The Hall–Kier alpha value is -1.30. The molecule has 2 atom stereocenters. The Morgan fingerprint density at radius 1 is 1.31 bits per heavy atom. The second kappa shape index (κ2) is 5.69. The number of nitrogens with one attached hydrogen (secondary N) is 1. The first-order valence-corrected chi connectivity index (χ1v) is 5.00. The lowest BCUT2D eigenvalue weighted by Gasteiger charge is -2.24. The Morgan fingerprint density at radius 3 is 2.12 bits per heavy atom. The number of carbonyl (C=O) groups excluding carboxylic acids is 2. The van der Waals surface area contributed by atoms with E-state index >= 15 is 0 Å². The molecule has 16 heavy (non-hydrogen) atoms. The summed E-state index contributed by atoms with van der Waals surface area (Å²) in [5, 5.41) is 2.36. The molecule has 0 fully saturated rings. The largest absolute Gasteiger partial charge is 0.467 e. The van der Waals surface area contributed by atoms with Gasteiger partial charge in [-0.1, -0.05) is 0 Å². The molecule has 94 valence electrons. The molecule has 0 bridgehead atoms. The number of alkyl carbamates (subject to hydrolysis) is 1. The van der Waals surface area contributed by atoms with Gasteiger partial charge in [0.05, 0.1) is 7.11 Å². The van der Waals surface area contributed by atoms with E-state index in [1.54, 1.807) is 27.7 Å². The van der Waals surface area contributed by atoms with Crippen molar-refractivity contribution in [2.45, 2.75) is 45.4 Å². The molecule has 0 radical (unpaired) electrons. The molecule has 0 aromatic carbocycles. The van der Waals surface area contributed by atoms with Crippen LogP contribution in [0.4, 0.5) is 4.79 Å². The molecule has 0 spiro atoms. The number of nitrogens with two attached hydrogens (primary N) is 1. The van der Waals surface area contributed by atoms with Crippen molar-refractivity contribution in [3.05, 3.63) is 0 Å². The number of esters is 1. The summed E-state index contributed by atoms with van der Waals surface area (Å²) in [7, 11) is 1.23. The standard InChI is InChI=1S/C10H20N2O4/c1-6(11)7(8(13)15-5)12-9(14)16-10(2,3)4/h6-7H,11H2,1-5H3,(H,12,14). The molecule has 0 aromatic rings. The van der Waals surface area contributed by atoms with Crippen LogP contribution in [0.2, 0.25) is 0 Å². The van der Waals surface area contributed by atoms with Gasteiger partial charge in [0.25, 0.3) is 0 Å². The Kier molecular flexibility index (Phi) is 5.23. The van der Waals surface area contributed by atoms with Gasteiger partial charge >= 0.3 is 12.1 Å². The molecule has 6 heteroatoms. The predicted octanol–water partition coefficient (Wildman–Crippen LogP) is 0.400. The fourth-order valence-electron chi connectivity index (χ4n) is 0.967. The molecule has 0 aromatic heterocycles. The lowest BCUT2D eigenvalue weighted by atomic mass is 10.1. The van der Waals surface area contributed by atoms with Gasteiger partial charge in [0, 0.05) is 6.04 Å². The maximum atomic E-state index is 11.4. The third-order valence-electron chi connectivity index (χ3n) is 1.65. The minimum absolute atomic E-state index is 0.556. The van der Waals surface area contributed by atoms with Gasteiger partial charge in [0.2, 0.25) is 0 Å². The summed E-state index contributed by atoms with van der Waals surface area (Å²) in [5.74, 6) is -0.596. The van der Waals surface area contributed by atoms with E-state index in [4.69, 9.17) is 10.5 Å². The summed E-state index contributed by atoms with van der Waals surface area (Å²) in [6.07, 6.45) is -0.694. The van der Waals surface area contributed by atoms with Crippen molar-refractivity contribution >= 4 is 12.1 Å². The minimum Gasteiger partial charge on any atom is -0.467 e. The van der Waals surface area contributed by atoms with E-state index in [9.17, 15) is 9.59 Å². The first kappa shape index (κ1) is 14.7. The van der Waals surface area contributed by atoms with Crippen LogP contribution in [0.1, 0.15) is 27.7 Å². The number of hydrogen-bond acceptors (Lipinski definition) is 5. The molecule has 3 N–H and O–H groups in total. The minimum atomic E-state index is -0.903. The molecule has 0 rings (SSSR count). The highest BCUT2D eigenvalue weighted by Crippen LogP contribution is 2.07. The highest BCUT2D eigenvalue weighted by atomic mass is 16.6. The van der Waals surface area contributed by atoms with Gasteiger partial charge in [-0.25, -0.2) is 9.59 Å². The van der Waals surface area contributed by atoms with Gasteiger partial charge in [-0.05, 0) is 27.7 Å². The number of amides is 1. The first-order valence-electron chi connectivity index (χ1n) is 5.00. The molecule has 2 unspecified atom stereocenters. The monoisotopic (exact) mass is 232 g/mol. The smallest absolute Gasteiger partial charge is 0.408 e. The van der Waals surface area contributed by atoms with Gasteiger partial charge in [-0.3, -0.25) is 0 Å². The zero-order valence-corrected chi connectivity index (χ0v) is 10.4. The number of carbonyl (C=O) groups is 2. The van der Waals surface area contributed by atoms with Gasteiger partial charge in [0.1, 0.15) is 11.6 Å². The predicted molar refractivity (Wildman–Crippen MR) is 58.8 cm³/mol. The Bertz CT molecular complexity index is 258. The van der Waals surface area contributed by atoms with Gasteiger partial charge < -0.3 is 20.5 Å². The Balaban J connectivity index is 4.42. The third kappa shape index (κ3) is 5.55. The summed E-state index contributed by atoms with van der Waals surface area (Å²) in [6.45, 7) is 6.78. The Morgan fingerprint density at radius 2 is 1.81 bits per heavy atom. The SMILES string of the molecule is COC(=O)C(NC(=O)OC(C)(C)C)C(C)N. The van der Waals surface area contributed by atoms with Gasteiger partial charge in [-0.2, -0.15) is 0 Å². The van der Waals surface area contributed by atoms with E-state index in [-0.39, 0.29) is 0 Å². The van der Waals surface area contributed by atoms with Crippen LogP contribution in [-0.4, -0.2) is 36.9 Å². The molecular formula is C10H20N2O4. The lowest BCUT2D eigenvalue weighted by Crippen LogP contribution is -2.52. The average molecular weight is 232 g/mol. The number of hydrogen-bond donors (Lipinski definition) is 2. The van der Waals surface area contributed by atoms with Crippen molar-refractivity contribution in [1.82, 2.24) is 5.32 Å². The summed E-state index contributed by atoms with van der Waals surface area (Å²) in [5.41, 5.74) is 4.93. The molecule has 0 aliphatic heterocycles. The quantitative estimate of drug-likeness (QED) is 0.687. The van der Waals surface area contributed by atoms with Crippen molar-refractivity contribution in [3.8, 4) is 0 Å². The van der Waals surface area contributed by atoms with Gasteiger partial charge in [0.15, 0.2) is 0 Å². The zero-order valence-electron chi connectivity index (χ0n) is 10.4. The van der Waals surface area contributed by atoms with Crippen LogP contribution in [0.25, 0.3) is 0 Å². The van der Waals surface area contributed by atoms with E-state index in [0.29, 0.717) is 0 Å². The molecular weight excluding hydrogens is 212 g/mol. The van der Waals surface area contributed by atoms with E-state index in [0.717, 1.165) is 0 Å². The van der Waals surface area contributed by atoms with Crippen LogP contribution in [0.3, 0.4) is 0 Å². The van der Waals surface area contributed by atoms with Crippen LogP contribution in [-0.2, 0) is 14.3 Å². The highest BCUT2D eigenvalue weighted by molar-refractivity contribution is 5.82. The van der Waals surface area contributed by atoms with Crippen LogP contribution in [0, 0.1) is 0 Å². The van der Waals surface area contributed by atoms with Crippen LogP contribution in [0.5, 0.6) is 0 Å². The van der Waals surface area contributed by atoms with Crippen molar-refractivity contribution in [3.63, 3.8) is 0 Å². The summed E-state index contributed by atoms with van der Waals surface area (Å²) in [4.78, 5) is 22.7. The highest BCUT2D eigenvalue weighted by Gasteiger charge is 2.27. The van der Waals surface area contributed by atoms with Crippen molar-refractivity contribution in [1.29, 1.82) is 0 Å². The summed E-state index contributed by atoms with van der Waals surface area (Å²) < 4.78 is 9.52. The molecule has 1 amide bonds. The van der Waals surface area contributed by atoms with Crippen LogP contribution < -0.4 is 11.1 Å². The van der Waals surface area contributed by atoms with E-state index in [1.165, 1.54) is 7.11 Å². The number of ether oxygens (including phenoxy) is 2. The second-order valence-corrected chi connectivity index (χ2v) is 4.51. The average Bonchev–Trinajstić information content (AvgIpc) is 2.09. The van der Waals surface area contributed by atoms with E-state index in [1.807, 2.05) is 0 Å². The van der Waals surface area contributed by atoms with E-state index in [2.05, 4.69) is 10.1 Å². The lowest BCUT2D eigenvalue weighted by molar-refractivity contribution is -0.143. The molecule has 0 aliphatic carbocycles. The molecule has 0 saturated carbocycles. The number of methoxy groups -OCH3 is 1. The molecule has 0 aliphatic rings. The normalized spacial score (nSPS) is 14.9. The first-order chi connectivity index (χ1) is 7.17. The second-order valence-electron chi connectivity index (χ2n) is 4.51. The van der Waals surface area contributed by atoms with Crippen LogP contribution in [0.15, 0.2) is 0 Å². The third-order valence-corrected chi connectivity index (χ3v) is 1.65. The fourth-order valence-corrected chi connectivity index (χ4v) is 0.967. The topological polar surface area (TPSA) is 90.6 Å². The van der Waals surface area contributed by atoms with Crippen molar-refractivity contribution < 1.29 is 19.1 Å². The maximum absolute atomic E-state index is 11.4. The molecule has 0 saturated heterocycles.